The fourth-order valence-corrected chi connectivity index (χ4v) is 3.55. The van der Waals surface area contributed by atoms with E-state index in [9.17, 15) is 36.2 Å². The van der Waals surface area contributed by atoms with Gasteiger partial charge in [0.15, 0.2) is 5.01 Å². The van der Waals surface area contributed by atoms with Gasteiger partial charge in [0.1, 0.15) is 11.9 Å². The van der Waals surface area contributed by atoms with Crippen LogP contribution in [0.5, 0.6) is 0 Å². The van der Waals surface area contributed by atoms with Crippen molar-refractivity contribution in [3.8, 4) is 10.4 Å². The van der Waals surface area contributed by atoms with Gasteiger partial charge in [0, 0.05) is 17.7 Å². The molecule has 1 amide bonds. The summed E-state index contributed by atoms with van der Waals surface area (Å²) in [5.41, 5.74) is 2.03. The van der Waals surface area contributed by atoms with Crippen LogP contribution in [0.25, 0.3) is 10.4 Å². The molecule has 2 heterocycles. The van der Waals surface area contributed by atoms with Crippen LogP contribution in [0.4, 0.5) is 32.2 Å². The van der Waals surface area contributed by atoms with Crippen LogP contribution in [0.3, 0.4) is 0 Å². The van der Waals surface area contributed by atoms with Crippen LogP contribution >= 0.6 is 11.3 Å². The molecule has 0 aliphatic heterocycles. The lowest BCUT2D eigenvalue weighted by atomic mass is 9.88. The van der Waals surface area contributed by atoms with E-state index in [1.165, 1.54) is 20.8 Å². The van der Waals surface area contributed by atoms with Crippen molar-refractivity contribution in [2.24, 2.45) is 5.73 Å². The zero-order valence-electron chi connectivity index (χ0n) is 16.8. The summed E-state index contributed by atoms with van der Waals surface area (Å²) in [6, 6.07) is -1.68. The fraction of sp³-hybridized carbons (Fsp3) is 0.500. The maximum atomic E-state index is 13.8. The Bertz CT molecular complexity index is 965. The molecule has 13 heteroatoms. The van der Waals surface area contributed by atoms with Crippen molar-refractivity contribution < 1.29 is 36.2 Å². The van der Waals surface area contributed by atoms with Crippen molar-refractivity contribution >= 4 is 23.1 Å². The Morgan fingerprint density at radius 3 is 2.23 bits per heavy atom. The molecule has 0 aliphatic rings. The molecule has 0 unspecified atom stereocenters. The third-order valence-electron chi connectivity index (χ3n) is 4.64. The molecule has 31 heavy (non-hydrogen) atoms. The van der Waals surface area contributed by atoms with Gasteiger partial charge in [-0.05, 0) is 26.8 Å². The number of primary amides is 1. The lowest BCUT2D eigenvalue weighted by molar-refractivity contribution is -0.138. The first kappa shape index (κ1) is 24.9. The first-order valence-electron chi connectivity index (χ1n) is 8.86. The van der Waals surface area contributed by atoms with E-state index in [0.717, 1.165) is 13.1 Å². The number of carbonyl (C=O) groups excluding carboxylic acids is 1. The molecule has 0 aliphatic carbocycles. The van der Waals surface area contributed by atoms with Gasteiger partial charge in [-0.25, -0.2) is 9.97 Å². The smallest absolute Gasteiger partial charge is 0.390 e. The van der Waals surface area contributed by atoms with Gasteiger partial charge >= 0.3 is 12.4 Å². The van der Waals surface area contributed by atoms with Crippen LogP contribution < -0.4 is 11.1 Å². The molecule has 0 saturated heterocycles. The third kappa shape index (κ3) is 5.64. The number of pyridine rings is 1. The Balaban J connectivity index is 2.69. The number of halogens is 6. The molecule has 2 atom stereocenters. The number of amides is 1. The van der Waals surface area contributed by atoms with Crippen molar-refractivity contribution in [2.75, 3.05) is 5.32 Å². The van der Waals surface area contributed by atoms with Crippen LogP contribution in [0.2, 0.25) is 0 Å². The van der Waals surface area contributed by atoms with Gasteiger partial charge in [-0.1, -0.05) is 6.92 Å². The number of hydrogen-bond acceptors (Lipinski definition) is 6. The first-order valence-corrected chi connectivity index (χ1v) is 9.68. The van der Waals surface area contributed by atoms with Crippen LogP contribution in [0, 0.1) is 0 Å². The highest BCUT2D eigenvalue weighted by Gasteiger charge is 2.39. The number of hydrogen-bond donors (Lipinski definition) is 3. The molecular weight excluding hydrogens is 450 g/mol. The number of aromatic nitrogens is 2. The number of nitrogens with one attached hydrogen (secondary N) is 1. The average Bonchev–Trinajstić information content (AvgIpc) is 3.03. The second-order valence-corrected chi connectivity index (χ2v) is 8.49. The molecule has 0 bridgehead atoms. The number of anilines is 1. The van der Waals surface area contributed by atoms with Crippen molar-refractivity contribution in [3.05, 3.63) is 28.5 Å². The van der Waals surface area contributed by atoms with Gasteiger partial charge < -0.3 is 16.2 Å². The van der Waals surface area contributed by atoms with Crippen LogP contribution in [-0.2, 0) is 6.18 Å². The highest BCUT2D eigenvalue weighted by Crippen LogP contribution is 2.44. The van der Waals surface area contributed by atoms with E-state index >= 15 is 0 Å². The molecule has 0 aromatic carbocycles. The van der Waals surface area contributed by atoms with E-state index in [4.69, 9.17) is 5.73 Å². The zero-order valence-corrected chi connectivity index (χ0v) is 17.6. The van der Waals surface area contributed by atoms with E-state index in [1.807, 2.05) is 5.32 Å². The number of carbonyl (C=O) groups is 1. The van der Waals surface area contributed by atoms with Crippen LogP contribution in [0.15, 0.2) is 12.3 Å². The molecule has 0 saturated carbocycles. The molecule has 2 aromatic heterocycles. The lowest BCUT2D eigenvalue weighted by Crippen LogP contribution is -2.33. The topological polar surface area (TPSA) is 101 Å². The molecule has 4 N–H and O–H groups in total. The van der Waals surface area contributed by atoms with Crippen molar-refractivity contribution in [1.82, 2.24) is 9.97 Å². The number of alkyl halides is 6. The predicted octanol–water partition coefficient (Wildman–Crippen LogP) is 4.56. The Kier molecular flexibility index (Phi) is 6.62. The molecule has 2 aromatic rings. The van der Waals surface area contributed by atoms with Crippen LogP contribution in [0.1, 0.15) is 54.7 Å². The number of aliphatic hydroxyl groups is 1. The summed E-state index contributed by atoms with van der Waals surface area (Å²) < 4.78 is 79.6. The minimum Gasteiger partial charge on any atom is -0.390 e. The van der Waals surface area contributed by atoms with Gasteiger partial charge in [-0.3, -0.25) is 4.79 Å². The molecule has 0 radical (unpaired) electrons. The van der Waals surface area contributed by atoms with E-state index in [0.29, 0.717) is 17.4 Å². The number of nitrogens with two attached hydrogens (primary N) is 1. The number of nitrogens with zero attached hydrogens (tertiary/aromatic N) is 2. The third-order valence-corrected chi connectivity index (χ3v) is 5.76. The maximum absolute atomic E-state index is 13.8. The Morgan fingerprint density at radius 2 is 1.77 bits per heavy atom. The van der Waals surface area contributed by atoms with Gasteiger partial charge in [0.25, 0.3) is 5.91 Å². The highest BCUT2D eigenvalue weighted by molar-refractivity contribution is 7.17. The van der Waals surface area contributed by atoms with E-state index in [1.54, 1.807) is 0 Å². The second-order valence-electron chi connectivity index (χ2n) is 7.49. The molecule has 6 nitrogen and oxygen atoms in total. The maximum Gasteiger partial charge on any atom is 0.417 e. The second kappa shape index (κ2) is 8.26. The summed E-state index contributed by atoms with van der Waals surface area (Å²) in [5.74, 6) is -2.41. The highest BCUT2D eigenvalue weighted by atomic mass is 32.1. The van der Waals surface area contributed by atoms with Crippen molar-refractivity contribution in [3.63, 3.8) is 0 Å². The van der Waals surface area contributed by atoms with E-state index in [2.05, 4.69) is 9.97 Å². The first-order chi connectivity index (χ1) is 13.9. The number of rotatable bonds is 6. The summed E-state index contributed by atoms with van der Waals surface area (Å²) in [5, 5.41) is 11.9. The standard InChI is InChI=1S/C18H20F6N4O2S/c1-7(16(3,4)30)12-13(31-15(28-12)14(25)29)9-6-26-11(5-10(9)18(22,23)24)27-8(2)17(19,20)21/h5-8,30H,1-4H3,(H2,25,29)(H,26,27)/t7-,8-/m0/s1. The predicted molar refractivity (Wildman–Crippen MR) is 103 cm³/mol. The SMILES string of the molecule is C[C@H](Nc1cc(C(F)(F)F)c(-c2sc(C(N)=O)nc2[C@H](C)C(C)(C)O)cn1)C(F)(F)F. The molecule has 172 valence electrons. The Labute approximate surface area is 177 Å². The lowest BCUT2D eigenvalue weighted by Gasteiger charge is -2.26. The van der Waals surface area contributed by atoms with Crippen molar-refractivity contribution in [2.45, 2.75) is 57.6 Å². The van der Waals surface area contributed by atoms with Gasteiger partial charge in [-0.2, -0.15) is 26.3 Å². The summed E-state index contributed by atoms with van der Waals surface area (Å²) in [6.07, 6.45) is -8.89. The van der Waals surface area contributed by atoms with Gasteiger partial charge in [0.05, 0.1) is 21.7 Å². The average molecular weight is 470 g/mol. The Hall–Kier alpha value is -2.41. The quantitative estimate of drug-likeness (QED) is 0.538. The number of thiazole rings is 1. The summed E-state index contributed by atoms with van der Waals surface area (Å²) >= 11 is 0.582. The van der Waals surface area contributed by atoms with Crippen LogP contribution in [-0.4, -0.2) is 38.8 Å². The molecule has 0 fully saturated rings. The van der Waals surface area contributed by atoms with Crippen molar-refractivity contribution in [1.29, 1.82) is 0 Å². The fourth-order valence-electron chi connectivity index (χ4n) is 2.51. The molecule has 2 rings (SSSR count). The minimum absolute atomic E-state index is 0.0111. The summed E-state index contributed by atoms with van der Waals surface area (Å²) in [4.78, 5) is 19.2. The summed E-state index contributed by atoms with van der Waals surface area (Å²) in [7, 11) is 0. The minimum atomic E-state index is -4.96. The molecular formula is C18H20F6N4O2S. The van der Waals surface area contributed by atoms with E-state index in [-0.39, 0.29) is 15.6 Å². The zero-order chi connectivity index (χ0) is 23.9. The van der Waals surface area contributed by atoms with Gasteiger partial charge in [0.2, 0.25) is 0 Å². The monoisotopic (exact) mass is 470 g/mol. The van der Waals surface area contributed by atoms with Gasteiger partial charge in [-0.15, -0.1) is 11.3 Å². The molecule has 0 spiro atoms. The normalized spacial score (nSPS) is 14.9. The largest absolute Gasteiger partial charge is 0.417 e. The Morgan fingerprint density at radius 1 is 1.19 bits per heavy atom. The van der Waals surface area contributed by atoms with E-state index < -0.39 is 52.8 Å². The summed E-state index contributed by atoms with van der Waals surface area (Å²) in [6.45, 7) is 5.08.